The number of carboxylic acids is 1. The van der Waals surface area contributed by atoms with Crippen LogP contribution in [0.5, 0.6) is 0 Å². The molecule has 0 saturated heterocycles. The van der Waals surface area contributed by atoms with Gasteiger partial charge >= 0.3 is 5.97 Å². The fourth-order valence-electron chi connectivity index (χ4n) is 5.28. The Labute approximate surface area is 223 Å². The average Bonchev–Trinajstić information content (AvgIpc) is 3.31. The number of nitrogens with one attached hydrogen (secondary N) is 3. The molecule has 0 radical (unpaired) electrons. The number of hydrogen-bond donors (Lipinski definition) is 4. The Morgan fingerprint density at radius 2 is 1.95 bits per heavy atom. The highest BCUT2D eigenvalue weighted by Gasteiger charge is 2.29. The fourth-order valence-corrected chi connectivity index (χ4v) is 5.28. The van der Waals surface area contributed by atoms with Gasteiger partial charge in [0.2, 0.25) is 0 Å². The van der Waals surface area contributed by atoms with Gasteiger partial charge in [0, 0.05) is 34.3 Å². The summed E-state index contributed by atoms with van der Waals surface area (Å²) >= 11 is 0. The van der Waals surface area contributed by atoms with Crippen LogP contribution >= 0.6 is 0 Å². The van der Waals surface area contributed by atoms with E-state index in [0.29, 0.717) is 10.9 Å². The first-order valence-corrected chi connectivity index (χ1v) is 12.6. The van der Waals surface area contributed by atoms with E-state index in [1.807, 2.05) is 0 Å². The van der Waals surface area contributed by atoms with Crippen molar-refractivity contribution in [3.8, 4) is 11.1 Å². The van der Waals surface area contributed by atoms with E-state index in [-0.39, 0.29) is 68.4 Å². The van der Waals surface area contributed by atoms with E-state index < -0.39 is 23.2 Å². The summed E-state index contributed by atoms with van der Waals surface area (Å²) < 4.78 is 37.4. The molecule has 4 aromatic heterocycles. The number of amides is 1. The number of carboxylic acid groups (broad SMARTS) is 1. The highest BCUT2D eigenvalue weighted by Crippen LogP contribution is 2.40. The molecule has 0 atom stereocenters. The van der Waals surface area contributed by atoms with E-state index in [0.717, 1.165) is 18.9 Å². The topological polar surface area (TPSA) is 133 Å². The fraction of sp³-hybridized carbons (Fsp3) is 0.138. The number of aromatic carboxylic acids is 1. The molecule has 1 amide bonds. The van der Waals surface area contributed by atoms with Crippen molar-refractivity contribution < 1.29 is 27.9 Å². The Morgan fingerprint density at radius 3 is 2.70 bits per heavy atom. The lowest BCUT2D eigenvalue weighted by molar-refractivity contribution is 0.0686. The first-order chi connectivity index (χ1) is 19.3. The summed E-state index contributed by atoms with van der Waals surface area (Å²) in [5.41, 5.74) is 0.233. The standard InChI is InChI=1S/C29H20F2N4O5/c30-18-8-13-9-21(28(37)33-15-3-4-15)34-20(13)10-14(18)12-35-22-11-19(31)16-5-7-40-26(16)24(22)23(25(35)29(38)39)17-2-1-6-32-27(17)36/h1-2,5-11,15,34H,3-4,12H2,(H,32,36)(H,33,37)(H,38,39). The molecular weight excluding hydrogens is 522 g/mol. The summed E-state index contributed by atoms with van der Waals surface area (Å²) in [5.74, 6) is -2.99. The molecule has 9 nitrogen and oxygen atoms in total. The van der Waals surface area contributed by atoms with Crippen molar-refractivity contribution in [1.82, 2.24) is 19.9 Å². The number of pyridine rings is 1. The van der Waals surface area contributed by atoms with E-state index in [4.69, 9.17) is 4.42 Å². The lowest BCUT2D eigenvalue weighted by Crippen LogP contribution is -2.25. The number of furan rings is 1. The monoisotopic (exact) mass is 542 g/mol. The quantitative estimate of drug-likeness (QED) is 0.231. The van der Waals surface area contributed by atoms with Crippen LogP contribution in [0.1, 0.15) is 39.4 Å². The van der Waals surface area contributed by atoms with Crippen LogP contribution in [0.2, 0.25) is 0 Å². The third kappa shape index (κ3) is 3.69. The maximum Gasteiger partial charge on any atom is 0.353 e. The Morgan fingerprint density at radius 1 is 1.12 bits per heavy atom. The number of H-pyrrole nitrogens is 2. The Kier molecular flexibility index (Phi) is 5.18. The van der Waals surface area contributed by atoms with Gasteiger partial charge in [0.25, 0.3) is 11.5 Å². The second kappa shape index (κ2) is 8.67. The first-order valence-electron chi connectivity index (χ1n) is 12.6. The summed E-state index contributed by atoms with van der Waals surface area (Å²) in [7, 11) is 0. The molecule has 0 spiro atoms. The van der Waals surface area contributed by atoms with Gasteiger partial charge in [-0.05, 0) is 55.3 Å². The molecule has 2 aromatic carbocycles. The van der Waals surface area contributed by atoms with Crippen LogP contribution in [-0.4, -0.2) is 37.6 Å². The third-order valence-corrected chi connectivity index (χ3v) is 7.28. The lowest BCUT2D eigenvalue weighted by Gasteiger charge is -2.11. The lowest BCUT2D eigenvalue weighted by atomic mass is 10.0. The number of carbonyl (C=O) groups is 2. The second-order valence-corrected chi connectivity index (χ2v) is 9.91. The first kappa shape index (κ1) is 23.9. The summed E-state index contributed by atoms with van der Waals surface area (Å²) in [4.78, 5) is 43.6. The maximum atomic E-state index is 15.4. The molecule has 1 saturated carbocycles. The minimum absolute atomic E-state index is 0.0321. The number of aromatic amines is 2. The number of carbonyl (C=O) groups excluding carboxylic acids is 1. The van der Waals surface area contributed by atoms with Gasteiger partial charge in [-0.25, -0.2) is 13.6 Å². The van der Waals surface area contributed by atoms with Crippen LogP contribution in [0.3, 0.4) is 0 Å². The van der Waals surface area contributed by atoms with E-state index in [2.05, 4.69) is 15.3 Å². The Hall–Kier alpha value is -5.19. The largest absolute Gasteiger partial charge is 0.477 e. The molecular formula is C29H20F2N4O5. The molecule has 7 rings (SSSR count). The molecule has 4 N–H and O–H groups in total. The second-order valence-electron chi connectivity index (χ2n) is 9.91. The van der Waals surface area contributed by atoms with E-state index in [9.17, 15) is 19.5 Å². The van der Waals surface area contributed by atoms with Crippen LogP contribution in [0.25, 0.3) is 43.9 Å². The normalized spacial score (nSPS) is 13.4. The van der Waals surface area contributed by atoms with Gasteiger partial charge in [-0.3, -0.25) is 9.59 Å². The highest BCUT2D eigenvalue weighted by molar-refractivity contribution is 6.17. The van der Waals surface area contributed by atoms with Crippen LogP contribution in [0.15, 0.2) is 64.1 Å². The minimum atomic E-state index is -1.39. The maximum absolute atomic E-state index is 15.4. The molecule has 11 heteroatoms. The summed E-state index contributed by atoms with van der Waals surface area (Å²) in [6.45, 7) is -0.307. The minimum Gasteiger partial charge on any atom is -0.477 e. The molecule has 6 aromatic rings. The molecule has 1 fully saturated rings. The molecule has 1 aliphatic rings. The zero-order chi connectivity index (χ0) is 27.7. The summed E-state index contributed by atoms with van der Waals surface area (Å²) in [5, 5.41) is 14.0. The van der Waals surface area contributed by atoms with Crippen molar-refractivity contribution in [2.75, 3.05) is 0 Å². The highest BCUT2D eigenvalue weighted by atomic mass is 19.1. The van der Waals surface area contributed by atoms with Crippen molar-refractivity contribution in [3.63, 3.8) is 0 Å². The third-order valence-electron chi connectivity index (χ3n) is 7.28. The Balaban J connectivity index is 1.45. The number of aromatic nitrogens is 3. The van der Waals surface area contributed by atoms with Crippen molar-refractivity contribution in [2.24, 2.45) is 0 Å². The number of halogens is 2. The zero-order valence-electron chi connectivity index (χ0n) is 20.7. The summed E-state index contributed by atoms with van der Waals surface area (Å²) in [6.07, 6.45) is 4.53. The number of hydrogen-bond acceptors (Lipinski definition) is 4. The number of nitrogens with zero attached hydrogens (tertiary/aromatic N) is 1. The van der Waals surface area contributed by atoms with Gasteiger partial charge in [-0.2, -0.15) is 0 Å². The molecule has 40 heavy (non-hydrogen) atoms. The van der Waals surface area contributed by atoms with E-state index in [1.165, 1.54) is 41.3 Å². The molecule has 0 unspecified atom stereocenters. The van der Waals surface area contributed by atoms with Gasteiger partial charge in [0.1, 0.15) is 28.6 Å². The van der Waals surface area contributed by atoms with Gasteiger partial charge < -0.3 is 29.4 Å². The van der Waals surface area contributed by atoms with Gasteiger partial charge in [0.05, 0.1) is 34.7 Å². The van der Waals surface area contributed by atoms with E-state index >= 15 is 8.78 Å². The number of benzene rings is 2. The van der Waals surface area contributed by atoms with Crippen LogP contribution in [0, 0.1) is 11.6 Å². The number of fused-ring (bicyclic) bond motifs is 4. The molecule has 200 valence electrons. The van der Waals surface area contributed by atoms with Crippen LogP contribution < -0.4 is 10.9 Å². The van der Waals surface area contributed by atoms with Crippen molar-refractivity contribution in [1.29, 1.82) is 0 Å². The van der Waals surface area contributed by atoms with Crippen LogP contribution in [0.4, 0.5) is 8.78 Å². The van der Waals surface area contributed by atoms with Gasteiger partial charge in [0.15, 0.2) is 0 Å². The predicted octanol–water partition coefficient (Wildman–Crippen LogP) is 5.14. The molecule has 4 heterocycles. The van der Waals surface area contributed by atoms with Crippen molar-refractivity contribution in [2.45, 2.75) is 25.4 Å². The van der Waals surface area contributed by atoms with Gasteiger partial charge in [-0.15, -0.1) is 0 Å². The van der Waals surface area contributed by atoms with Crippen molar-refractivity contribution in [3.05, 3.63) is 93.9 Å². The zero-order valence-corrected chi connectivity index (χ0v) is 20.7. The van der Waals surface area contributed by atoms with Crippen LogP contribution in [-0.2, 0) is 6.54 Å². The molecule has 0 aliphatic heterocycles. The number of rotatable bonds is 6. The van der Waals surface area contributed by atoms with Crippen molar-refractivity contribution >= 4 is 44.7 Å². The Bertz CT molecular complexity index is 2080. The predicted molar refractivity (Wildman–Crippen MR) is 143 cm³/mol. The van der Waals surface area contributed by atoms with Gasteiger partial charge in [-0.1, -0.05) is 0 Å². The molecule has 0 bridgehead atoms. The summed E-state index contributed by atoms with van der Waals surface area (Å²) in [6, 6.07) is 10.0. The molecule has 1 aliphatic carbocycles. The SMILES string of the molecule is O=C(NC1CC1)c1cc2cc(F)c(Cn3c(C(=O)O)c(-c4ccc[nH]c4=O)c4c5occc5c(F)cc43)cc2[nH]1. The smallest absolute Gasteiger partial charge is 0.353 e. The average molecular weight is 542 g/mol. The van der Waals surface area contributed by atoms with E-state index in [1.54, 1.807) is 12.1 Å².